The number of nitrogens with zero attached hydrogens (tertiary/aromatic N) is 3. The summed E-state index contributed by atoms with van der Waals surface area (Å²) in [6.45, 7) is 28.8. The molecule has 62 heavy (non-hydrogen) atoms. The van der Waals surface area contributed by atoms with Crippen molar-refractivity contribution in [1.82, 2.24) is 14.5 Å². The van der Waals surface area contributed by atoms with Gasteiger partial charge in [0.05, 0.1) is 16.9 Å². The van der Waals surface area contributed by atoms with Crippen LogP contribution in [0.1, 0.15) is 111 Å². The monoisotopic (exact) mass is 997 g/mol. The van der Waals surface area contributed by atoms with E-state index in [2.05, 4.69) is 216 Å². The van der Waals surface area contributed by atoms with Crippen LogP contribution in [0.2, 0.25) is 0 Å². The first-order valence-corrected chi connectivity index (χ1v) is 21.6. The van der Waals surface area contributed by atoms with Gasteiger partial charge in [-0.1, -0.05) is 173 Å². The van der Waals surface area contributed by atoms with Crippen molar-refractivity contribution in [1.29, 1.82) is 0 Å². The van der Waals surface area contributed by atoms with Gasteiger partial charge in [-0.3, -0.25) is 9.97 Å². The van der Waals surface area contributed by atoms with Crippen molar-refractivity contribution in [2.45, 2.75) is 112 Å². The zero-order chi connectivity index (χ0) is 43.8. The van der Waals surface area contributed by atoms with Crippen LogP contribution in [0.4, 0.5) is 0 Å². The summed E-state index contributed by atoms with van der Waals surface area (Å²) in [6.07, 6.45) is 1.96. The average Bonchev–Trinajstić information content (AvgIpc) is 3.59. The van der Waals surface area contributed by atoms with Gasteiger partial charge in [0.25, 0.3) is 0 Å². The number of phenolic OH excluding ortho intramolecular Hbond substituents is 1. The Balaban J connectivity index is 0.00000578. The first-order chi connectivity index (χ1) is 28.6. The van der Waals surface area contributed by atoms with Crippen molar-refractivity contribution >= 4 is 21.9 Å². The second kappa shape index (κ2) is 16.1. The predicted octanol–water partition coefficient (Wildman–Crippen LogP) is 15.2. The summed E-state index contributed by atoms with van der Waals surface area (Å²) in [5.74, 6) is 1.07. The number of hydrogen-bond donors (Lipinski definition) is 1. The van der Waals surface area contributed by atoms with Crippen LogP contribution in [0.25, 0.3) is 72.4 Å². The van der Waals surface area contributed by atoms with Crippen LogP contribution in [-0.4, -0.2) is 19.6 Å². The molecule has 6 aromatic carbocycles. The van der Waals surface area contributed by atoms with E-state index in [1.54, 1.807) is 0 Å². The fourth-order valence-electron chi connectivity index (χ4n) is 8.34. The van der Waals surface area contributed by atoms with Gasteiger partial charge in [0.15, 0.2) is 0 Å². The Kier molecular flexibility index (Phi) is 11.6. The summed E-state index contributed by atoms with van der Waals surface area (Å²) >= 11 is 0. The summed E-state index contributed by atoms with van der Waals surface area (Å²) in [4.78, 5) is 10.7. The van der Waals surface area contributed by atoms with E-state index in [0.29, 0.717) is 5.75 Å². The first-order valence-electron chi connectivity index (χ1n) is 21.6. The smallest absolute Gasteiger partial charge is 0.127 e. The minimum absolute atomic E-state index is 0. The van der Waals surface area contributed by atoms with E-state index in [1.807, 2.05) is 6.20 Å². The van der Waals surface area contributed by atoms with E-state index in [9.17, 15) is 5.11 Å². The van der Waals surface area contributed by atoms with Crippen LogP contribution < -0.4 is 0 Å². The minimum Gasteiger partial charge on any atom is -0.507 e. The Morgan fingerprint density at radius 3 is 1.77 bits per heavy atom. The number of hydrogen-bond acceptors (Lipinski definition) is 3. The van der Waals surface area contributed by atoms with Gasteiger partial charge in [-0.25, -0.2) is 0 Å². The summed E-state index contributed by atoms with van der Waals surface area (Å²) in [7, 11) is 0. The van der Waals surface area contributed by atoms with Crippen LogP contribution in [0.15, 0.2) is 121 Å². The number of aryl methyl sites for hydroxylation is 1. The fraction of sp³-hybridized carbons (Fsp3) is 0.298. The van der Waals surface area contributed by atoms with Crippen LogP contribution in [0.5, 0.6) is 5.75 Å². The number of phenols is 1. The quantitative estimate of drug-likeness (QED) is 0.175. The molecule has 2 aromatic heterocycles. The molecule has 0 aliphatic heterocycles. The topological polar surface area (TPSA) is 50.9 Å². The van der Waals surface area contributed by atoms with E-state index in [4.69, 9.17) is 9.97 Å². The van der Waals surface area contributed by atoms with E-state index in [0.717, 1.165) is 83.5 Å². The minimum atomic E-state index is -0.279. The van der Waals surface area contributed by atoms with E-state index >= 15 is 0 Å². The van der Waals surface area contributed by atoms with Gasteiger partial charge in [0.1, 0.15) is 5.75 Å². The van der Waals surface area contributed by atoms with Gasteiger partial charge < -0.3 is 9.67 Å². The third kappa shape index (κ3) is 8.56. The number of aromatic nitrogens is 3. The molecule has 4 nitrogen and oxygen atoms in total. The molecule has 5 heteroatoms. The van der Waals surface area contributed by atoms with Gasteiger partial charge >= 0.3 is 0 Å². The maximum atomic E-state index is 12.2. The van der Waals surface area contributed by atoms with E-state index in [1.165, 1.54) is 16.7 Å². The van der Waals surface area contributed by atoms with Crippen molar-refractivity contribution in [2.75, 3.05) is 0 Å². The summed E-state index contributed by atoms with van der Waals surface area (Å²) in [5.41, 5.74) is 15.6. The molecule has 0 unspecified atom stereocenters. The summed E-state index contributed by atoms with van der Waals surface area (Å²) in [5, 5.41) is 13.3. The van der Waals surface area contributed by atoms with Gasteiger partial charge in [0, 0.05) is 55.2 Å². The van der Waals surface area contributed by atoms with Crippen molar-refractivity contribution in [3.05, 3.63) is 155 Å². The van der Waals surface area contributed by atoms with Crippen LogP contribution in [0, 0.1) is 13.0 Å². The molecule has 0 radical (unpaired) electrons. The number of fused-ring (bicyclic) bond motifs is 2. The number of para-hydroxylation sites is 1. The third-order valence-corrected chi connectivity index (χ3v) is 12.0. The van der Waals surface area contributed by atoms with Gasteiger partial charge in [-0.15, -0.1) is 23.8 Å². The Morgan fingerprint density at radius 1 is 0.532 bits per heavy atom. The Morgan fingerprint density at radius 2 is 1.15 bits per heavy atom. The normalized spacial score (nSPS) is 12.5. The SMILES string of the molecule is Cc1cnc2c(-c3[c-]c(-c4nc5c(-c6cc(C(C)(C)C)cc(C(C)(C)C)c6O)cccc5n4-c4ccc(C(C)(C)C)cc4)cc(-c4ccccc4)c3)cc(C(C)(C)C)cc2c1.[Pt]. The second-order valence-corrected chi connectivity index (χ2v) is 21.1. The molecule has 0 bridgehead atoms. The summed E-state index contributed by atoms with van der Waals surface area (Å²) < 4.78 is 2.27. The zero-order valence-corrected chi connectivity index (χ0v) is 40.9. The maximum absolute atomic E-state index is 12.2. The average molecular weight is 998 g/mol. The molecule has 0 fully saturated rings. The van der Waals surface area contributed by atoms with Crippen molar-refractivity contribution in [3.63, 3.8) is 0 Å². The molecule has 0 amide bonds. The predicted molar refractivity (Wildman–Crippen MR) is 258 cm³/mol. The van der Waals surface area contributed by atoms with Gasteiger partial charge in [0.2, 0.25) is 0 Å². The van der Waals surface area contributed by atoms with Crippen LogP contribution in [-0.2, 0) is 42.7 Å². The van der Waals surface area contributed by atoms with Gasteiger partial charge in [-0.2, -0.15) is 0 Å². The first kappa shape index (κ1) is 44.7. The molecule has 0 saturated heterocycles. The van der Waals surface area contributed by atoms with E-state index < -0.39 is 0 Å². The van der Waals surface area contributed by atoms with Crippen LogP contribution in [0.3, 0.4) is 0 Å². The molecule has 0 spiro atoms. The fourth-order valence-corrected chi connectivity index (χ4v) is 8.34. The molecule has 8 rings (SSSR count). The van der Waals surface area contributed by atoms with E-state index in [-0.39, 0.29) is 42.7 Å². The van der Waals surface area contributed by atoms with Crippen molar-refractivity contribution in [3.8, 4) is 56.2 Å². The maximum Gasteiger partial charge on any atom is 0.127 e. The zero-order valence-electron chi connectivity index (χ0n) is 38.7. The largest absolute Gasteiger partial charge is 0.507 e. The Hall–Kier alpha value is -5.31. The van der Waals surface area contributed by atoms with Crippen molar-refractivity contribution < 1.29 is 26.2 Å². The number of aromatic hydroxyl groups is 1. The molecule has 0 atom stereocenters. The number of rotatable bonds is 5. The molecule has 320 valence electrons. The molecule has 8 aromatic rings. The molecule has 0 aliphatic rings. The molecular formula is C57H60N3OPt-. The number of benzene rings is 6. The van der Waals surface area contributed by atoms with Gasteiger partial charge in [-0.05, 0) is 92.1 Å². The Bertz CT molecular complexity index is 2950. The molecule has 0 aliphatic carbocycles. The molecule has 2 heterocycles. The number of pyridine rings is 1. The van der Waals surface area contributed by atoms with Crippen LogP contribution >= 0.6 is 0 Å². The third-order valence-electron chi connectivity index (χ3n) is 12.0. The molecule has 1 N–H and O–H groups in total. The number of imidazole rings is 1. The molecule has 0 saturated carbocycles. The second-order valence-electron chi connectivity index (χ2n) is 21.1. The summed E-state index contributed by atoms with van der Waals surface area (Å²) in [6, 6.07) is 45.4. The van der Waals surface area contributed by atoms with Crippen molar-refractivity contribution in [2.24, 2.45) is 0 Å². The molecular weight excluding hydrogens is 938 g/mol. The Labute approximate surface area is 383 Å². The standard InChI is InChI=1S/C57H60N3O.Pt/c1-35-26-39-30-42(55(5,6)7)31-46(50(39)58-34-35)38-27-37(36-18-15-14-16-19-36)28-40(29-38)53-59-51-45(47-32-43(56(8,9)10)33-48(52(47)61)57(11,12)13)20-17-21-49(51)60(53)44-24-22-41(23-25-44)54(2,3)4;/h14-28,30-34,61H,1-13H3;/q-1;.